The van der Waals surface area contributed by atoms with Crippen LogP contribution in [-0.4, -0.2) is 69.1 Å². The molecule has 0 saturated carbocycles. The quantitative estimate of drug-likeness (QED) is 0.432. The number of carbonyl (C=O) groups excluding carboxylic acids is 2. The fraction of sp³-hybridized carbons (Fsp3) is 0.481. The molecule has 0 radical (unpaired) electrons. The van der Waals surface area contributed by atoms with Crippen molar-refractivity contribution in [3.63, 3.8) is 0 Å². The van der Waals surface area contributed by atoms with E-state index in [-0.39, 0.29) is 24.6 Å². The van der Waals surface area contributed by atoms with Crippen molar-refractivity contribution >= 4 is 11.8 Å². The highest BCUT2D eigenvalue weighted by atomic mass is 19.1. The van der Waals surface area contributed by atoms with E-state index < -0.39 is 23.9 Å². The van der Waals surface area contributed by atoms with E-state index in [0.29, 0.717) is 49.5 Å². The second kappa shape index (κ2) is 12.8. The van der Waals surface area contributed by atoms with E-state index in [2.05, 4.69) is 10.6 Å². The molecule has 0 bridgehead atoms. The molecule has 0 unspecified atom stereocenters. The molecule has 8 nitrogen and oxygen atoms in total. The zero-order chi connectivity index (χ0) is 26.2. The van der Waals surface area contributed by atoms with E-state index in [1.165, 1.54) is 19.2 Å². The normalized spacial score (nSPS) is 17.5. The molecule has 2 aromatic rings. The maximum atomic E-state index is 14.8. The van der Waals surface area contributed by atoms with Crippen LogP contribution >= 0.6 is 0 Å². The van der Waals surface area contributed by atoms with Crippen molar-refractivity contribution in [2.24, 2.45) is 0 Å². The number of benzene rings is 2. The van der Waals surface area contributed by atoms with Gasteiger partial charge in [0.2, 0.25) is 0 Å². The first kappa shape index (κ1) is 27.6. The average Bonchev–Trinajstić information content (AvgIpc) is 2.85. The Morgan fingerprint density at radius 1 is 1.17 bits per heavy atom. The first-order chi connectivity index (χ1) is 17.3. The summed E-state index contributed by atoms with van der Waals surface area (Å²) in [5, 5.41) is 15.7. The fourth-order valence-corrected chi connectivity index (χ4v) is 4.22. The molecule has 2 atom stereocenters. The van der Waals surface area contributed by atoms with Crippen molar-refractivity contribution in [3.8, 4) is 5.75 Å². The number of halogens is 1. The Kier molecular flexibility index (Phi) is 9.81. The lowest BCUT2D eigenvalue weighted by molar-refractivity contribution is -0.0261. The van der Waals surface area contributed by atoms with Gasteiger partial charge in [-0.2, -0.15) is 0 Å². The summed E-state index contributed by atoms with van der Waals surface area (Å²) in [7, 11) is 1.52. The predicted octanol–water partition coefficient (Wildman–Crippen LogP) is 2.69. The van der Waals surface area contributed by atoms with Gasteiger partial charge >= 0.3 is 0 Å². The zero-order valence-corrected chi connectivity index (χ0v) is 21.3. The highest BCUT2D eigenvalue weighted by Crippen LogP contribution is 2.31. The Morgan fingerprint density at radius 3 is 2.61 bits per heavy atom. The summed E-state index contributed by atoms with van der Waals surface area (Å²) >= 11 is 0. The highest BCUT2D eigenvalue weighted by Gasteiger charge is 2.28. The molecule has 3 rings (SSSR count). The van der Waals surface area contributed by atoms with Crippen LogP contribution in [0.5, 0.6) is 5.75 Å². The Bertz CT molecular complexity index is 1090. The van der Waals surface area contributed by atoms with Crippen molar-refractivity contribution in [2.45, 2.75) is 45.8 Å². The van der Waals surface area contributed by atoms with Crippen LogP contribution in [0.4, 0.5) is 4.39 Å². The minimum Gasteiger partial charge on any atom is -0.493 e. The molecule has 36 heavy (non-hydrogen) atoms. The van der Waals surface area contributed by atoms with Crippen molar-refractivity contribution in [3.05, 3.63) is 63.5 Å². The van der Waals surface area contributed by atoms with Crippen LogP contribution in [0, 0.1) is 19.7 Å². The van der Waals surface area contributed by atoms with Gasteiger partial charge in [0.25, 0.3) is 11.8 Å². The minimum absolute atomic E-state index is 0.0375. The third kappa shape index (κ3) is 6.60. The molecule has 1 heterocycles. The van der Waals surface area contributed by atoms with Crippen LogP contribution in [0.1, 0.15) is 56.3 Å². The maximum absolute atomic E-state index is 14.8. The summed E-state index contributed by atoms with van der Waals surface area (Å²) in [4.78, 5) is 25.5. The van der Waals surface area contributed by atoms with E-state index in [4.69, 9.17) is 14.2 Å². The number of aliphatic hydroxyl groups excluding tert-OH is 1. The Morgan fingerprint density at radius 2 is 1.94 bits per heavy atom. The molecule has 0 spiro atoms. The summed E-state index contributed by atoms with van der Waals surface area (Å²) in [6.07, 6.45) is 0.0958. The first-order valence-corrected chi connectivity index (χ1v) is 12.1. The van der Waals surface area contributed by atoms with Gasteiger partial charge in [0.05, 0.1) is 43.1 Å². The van der Waals surface area contributed by atoms with Crippen molar-refractivity contribution in [1.29, 1.82) is 0 Å². The summed E-state index contributed by atoms with van der Waals surface area (Å²) in [6.45, 7) is 7.32. The molecule has 1 fully saturated rings. The lowest BCUT2D eigenvalue weighted by atomic mass is 9.92. The molecule has 3 N–H and O–H groups in total. The third-order valence-electron chi connectivity index (χ3n) is 6.39. The standard InChI is InChI=1S/C27H35FN2O6/c1-5-36-25-17(3)16(2)19(14-21(25)27(33)30-23-8-10-35-15-24(23)31)12-18-6-7-20(22(28)13-18)26(32)29-9-11-34-4/h6-7,13-14,23-24,31H,5,8-12,15H2,1-4H3,(H,29,32)(H,30,33)/t23-,24-/m0/s1. The monoisotopic (exact) mass is 502 g/mol. The van der Waals surface area contributed by atoms with Gasteiger partial charge in [-0.1, -0.05) is 6.07 Å². The smallest absolute Gasteiger partial charge is 0.255 e. The van der Waals surface area contributed by atoms with E-state index >= 15 is 0 Å². The number of hydrogen-bond donors (Lipinski definition) is 3. The number of nitrogens with one attached hydrogen (secondary N) is 2. The van der Waals surface area contributed by atoms with Crippen LogP contribution in [0.2, 0.25) is 0 Å². The second-order valence-electron chi connectivity index (χ2n) is 8.85. The lowest BCUT2D eigenvalue weighted by Gasteiger charge is -2.29. The Hall–Kier alpha value is -3.01. The van der Waals surface area contributed by atoms with Crippen LogP contribution < -0.4 is 15.4 Å². The predicted molar refractivity (Wildman–Crippen MR) is 133 cm³/mol. The molecule has 2 amide bonds. The largest absolute Gasteiger partial charge is 0.493 e. The van der Waals surface area contributed by atoms with Gasteiger partial charge in [-0.25, -0.2) is 4.39 Å². The molecular weight excluding hydrogens is 467 g/mol. The van der Waals surface area contributed by atoms with Crippen molar-refractivity contribution in [2.75, 3.05) is 40.1 Å². The van der Waals surface area contributed by atoms with Gasteiger partial charge in [-0.05, 0) is 74.1 Å². The SMILES string of the molecule is CCOc1c(C(=O)N[C@H]2CCOC[C@@H]2O)cc(Cc2ccc(C(=O)NCCOC)c(F)c2)c(C)c1C. The Balaban J connectivity index is 1.87. The Labute approximate surface area is 211 Å². The maximum Gasteiger partial charge on any atom is 0.255 e. The van der Waals surface area contributed by atoms with Gasteiger partial charge in [0.15, 0.2) is 0 Å². The van der Waals surface area contributed by atoms with E-state index in [1.54, 1.807) is 12.1 Å². The number of aliphatic hydroxyl groups is 1. The van der Waals surface area contributed by atoms with Gasteiger partial charge in [-0.15, -0.1) is 0 Å². The van der Waals surface area contributed by atoms with Crippen molar-refractivity contribution < 1.29 is 33.3 Å². The summed E-state index contributed by atoms with van der Waals surface area (Å²) in [5.74, 6) is -0.970. The molecule has 1 aliphatic heterocycles. The average molecular weight is 503 g/mol. The second-order valence-corrected chi connectivity index (χ2v) is 8.85. The molecule has 2 aromatic carbocycles. The molecule has 0 aliphatic carbocycles. The minimum atomic E-state index is -0.780. The van der Waals surface area contributed by atoms with Gasteiger partial charge < -0.3 is 30.0 Å². The summed E-state index contributed by atoms with van der Waals surface area (Å²) < 4.78 is 30.7. The summed E-state index contributed by atoms with van der Waals surface area (Å²) in [6, 6.07) is 5.86. The lowest BCUT2D eigenvalue weighted by Crippen LogP contribution is -2.48. The van der Waals surface area contributed by atoms with Crippen LogP contribution in [0.3, 0.4) is 0 Å². The number of hydrogen-bond acceptors (Lipinski definition) is 6. The first-order valence-electron chi connectivity index (χ1n) is 12.1. The number of rotatable bonds is 10. The molecular formula is C27H35FN2O6. The van der Waals surface area contributed by atoms with Crippen LogP contribution in [-0.2, 0) is 15.9 Å². The molecule has 1 aliphatic rings. The van der Waals surface area contributed by atoms with Crippen LogP contribution in [0.15, 0.2) is 24.3 Å². The van der Waals surface area contributed by atoms with Crippen LogP contribution in [0.25, 0.3) is 0 Å². The summed E-state index contributed by atoms with van der Waals surface area (Å²) in [5.41, 5.74) is 3.58. The number of amides is 2. The number of ether oxygens (including phenoxy) is 3. The molecule has 9 heteroatoms. The van der Waals surface area contributed by atoms with E-state index in [9.17, 15) is 19.1 Å². The highest BCUT2D eigenvalue weighted by molar-refractivity contribution is 5.98. The van der Waals surface area contributed by atoms with Gasteiger partial charge in [0.1, 0.15) is 11.6 Å². The molecule has 1 saturated heterocycles. The zero-order valence-electron chi connectivity index (χ0n) is 21.3. The van der Waals surface area contributed by atoms with E-state index in [0.717, 1.165) is 16.7 Å². The fourth-order valence-electron chi connectivity index (χ4n) is 4.22. The molecule has 0 aromatic heterocycles. The van der Waals surface area contributed by atoms with Gasteiger partial charge in [0, 0.05) is 20.3 Å². The number of methoxy groups -OCH3 is 1. The number of carbonyl (C=O) groups is 2. The topological polar surface area (TPSA) is 106 Å². The third-order valence-corrected chi connectivity index (χ3v) is 6.39. The van der Waals surface area contributed by atoms with E-state index in [1.807, 2.05) is 20.8 Å². The van der Waals surface area contributed by atoms with Gasteiger partial charge in [-0.3, -0.25) is 9.59 Å². The van der Waals surface area contributed by atoms with Crippen molar-refractivity contribution in [1.82, 2.24) is 10.6 Å². The molecule has 196 valence electrons.